The van der Waals surface area contributed by atoms with Gasteiger partial charge in [-0.2, -0.15) is 5.10 Å². The van der Waals surface area contributed by atoms with Crippen LogP contribution in [0.4, 0.5) is 15.9 Å². The number of fused-ring (bicyclic) bond motifs is 5. The molecule has 1 saturated heterocycles. The molecular weight excluding hydrogens is 375 g/mol. The molecule has 5 rings (SSSR count). The minimum atomic E-state index is -0.395. The third-order valence-electron chi connectivity index (χ3n) is 5.47. The summed E-state index contributed by atoms with van der Waals surface area (Å²) in [6.45, 7) is 2.68. The van der Waals surface area contributed by atoms with Crippen molar-refractivity contribution in [1.29, 1.82) is 0 Å². The lowest BCUT2D eigenvalue weighted by Crippen LogP contribution is -2.26. The zero-order chi connectivity index (χ0) is 20.0. The lowest BCUT2D eigenvalue weighted by Gasteiger charge is -2.28. The number of pyridine rings is 1. The first-order valence-electron chi connectivity index (χ1n) is 9.81. The van der Waals surface area contributed by atoms with Crippen molar-refractivity contribution in [1.82, 2.24) is 19.6 Å². The van der Waals surface area contributed by atoms with Gasteiger partial charge in [0.05, 0.1) is 24.5 Å². The standard InChI is InChI=1S/C20H21FN6O2/c1-12-4-5-18(28)24-15-11-23-27-8-6-17(25-19(15)27)26-7-2-3-16(26)14-9-13(21)10-22-20(14)29-12/h6,8-12,16H,2-5,7H2,1H3,(H,24,28)/t12-,16+/m0/s1. The summed E-state index contributed by atoms with van der Waals surface area (Å²) in [4.78, 5) is 23.5. The quantitative estimate of drug-likeness (QED) is 0.629. The smallest absolute Gasteiger partial charge is 0.224 e. The van der Waals surface area contributed by atoms with E-state index in [9.17, 15) is 9.18 Å². The molecule has 0 unspecified atom stereocenters. The Labute approximate surface area is 166 Å². The Kier molecular flexibility index (Phi) is 4.30. The fraction of sp³-hybridized carbons (Fsp3) is 0.400. The van der Waals surface area contributed by atoms with Crippen molar-refractivity contribution in [3.8, 4) is 5.88 Å². The molecule has 0 spiro atoms. The number of halogens is 1. The van der Waals surface area contributed by atoms with Crippen LogP contribution < -0.4 is 15.0 Å². The third kappa shape index (κ3) is 3.26. The molecular formula is C20H21FN6O2. The van der Waals surface area contributed by atoms with Crippen LogP contribution in [0.3, 0.4) is 0 Å². The Hall–Kier alpha value is -3.23. The van der Waals surface area contributed by atoms with Crippen molar-refractivity contribution < 1.29 is 13.9 Å². The van der Waals surface area contributed by atoms with E-state index in [1.807, 2.05) is 19.2 Å². The monoisotopic (exact) mass is 396 g/mol. The van der Waals surface area contributed by atoms with Crippen LogP contribution in [0.5, 0.6) is 5.88 Å². The molecule has 150 valence electrons. The lowest BCUT2D eigenvalue weighted by molar-refractivity contribution is -0.116. The van der Waals surface area contributed by atoms with Gasteiger partial charge in [0.1, 0.15) is 17.3 Å². The molecule has 2 aliphatic heterocycles. The molecule has 2 bridgehead atoms. The first-order valence-corrected chi connectivity index (χ1v) is 9.81. The highest BCUT2D eigenvalue weighted by molar-refractivity contribution is 5.94. The number of rotatable bonds is 0. The van der Waals surface area contributed by atoms with E-state index in [1.54, 1.807) is 10.7 Å². The number of ether oxygens (including phenoxy) is 1. The Balaban J connectivity index is 1.65. The summed E-state index contributed by atoms with van der Waals surface area (Å²) < 4.78 is 21.7. The molecule has 0 aromatic carbocycles. The minimum Gasteiger partial charge on any atom is -0.474 e. The van der Waals surface area contributed by atoms with Gasteiger partial charge in [0.2, 0.25) is 11.8 Å². The number of hydrogen-bond acceptors (Lipinski definition) is 6. The molecule has 8 nitrogen and oxygen atoms in total. The number of carbonyl (C=O) groups is 1. The molecule has 3 aromatic rings. The fourth-order valence-electron chi connectivity index (χ4n) is 4.05. The number of amides is 1. The van der Waals surface area contributed by atoms with Crippen LogP contribution >= 0.6 is 0 Å². The number of carbonyl (C=O) groups excluding carboxylic acids is 1. The lowest BCUT2D eigenvalue weighted by atomic mass is 10.1. The van der Waals surface area contributed by atoms with Crippen molar-refractivity contribution in [2.45, 2.75) is 44.8 Å². The second kappa shape index (κ2) is 6.98. The molecule has 0 aliphatic carbocycles. The summed E-state index contributed by atoms with van der Waals surface area (Å²) in [5.74, 6) is 0.635. The summed E-state index contributed by atoms with van der Waals surface area (Å²) in [5.41, 5.74) is 1.87. The van der Waals surface area contributed by atoms with Gasteiger partial charge in [-0.25, -0.2) is 18.9 Å². The largest absolute Gasteiger partial charge is 0.474 e. The molecule has 29 heavy (non-hydrogen) atoms. The second-order valence-electron chi connectivity index (χ2n) is 7.53. The fourth-order valence-corrected chi connectivity index (χ4v) is 4.05. The van der Waals surface area contributed by atoms with E-state index in [-0.39, 0.29) is 24.5 Å². The van der Waals surface area contributed by atoms with E-state index in [4.69, 9.17) is 9.72 Å². The molecule has 0 saturated carbocycles. The summed E-state index contributed by atoms with van der Waals surface area (Å²) in [7, 11) is 0. The third-order valence-corrected chi connectivity index (χ3v) is 5.47. The van der Waals surface area contributed by atoms with Crippen LogP contribution in [-0.4, -0.2) is 38.1 Å². The number of hydrogen-bond donors (Lipinski definition) is 1. The van der Waals surface area contributed by atoms with Crippen LogP contribution in [0.1, 0.15) is 44.2 Å². The average Bonchev–Trinajstić information content (AvgIpc) is 3.34. The van der Waals surface area contributed by atoms with Crippen molar-refractivity contribution in [3.63, 3.8) is 0 Å². The van der Waals surface area contributed by atoms with Gasteiger partial charge in [-0.05, 0) is 38.3 Å². The SMILES string of the molecule is C[C@H]1CCC(=O)Nc2cnn3ccc(nc23)N2CCC[C@@H]2c2cc(F)cnc2O1. The maximum atomic E-state index is 14.1. The Morgan fingerprint density at radius 2 is 2.21 bits per heavy atom. The molecule has 2 atom stereocenters. The van der Waals surface area contributed by atoms with Gasteiger partial charge in [-0.15, -0.1) is 0 Å². The second-order valence-corrected chi connectivity index (χ2v) is 7.53. The molecule has 1 fully saturated rings. The van der Waals surface area contributed by atoms with E-state index in [2.05, 4.69) is 20.3 Å². The van der Waals surface area contributed by atoms with Crippen LogP contribution in [0.15, 0.2) is 30.7 Å². The van der Waals surface area contributed by atoms with Crippen LogP contribution in [0.2, 0.25) is 0 Å². The predicted octanol–water partition coefficient (Wildman–Crippen LogP) is 3.10. The van der Waals surface area contributed by atoms with Gasteiger partial charge in [-0.3, -0.25) is 4.79 Å². The van der Waals surface area contributed by atoms with E-state index in [1.165, 1.54) is 12.3 Å². The number of anilines is 2. The van der Waals surface area contributed by atoms with E-state index >= 15 is 0 Å². The first-order chi connectivity index (χ1) is 14.1. The normalized spacial score (nSPS) is 22.0. The molecule has 1 N–H and O–H groups in total. The molecule has 3 aromatic heterocycles. The number of aromatic nitrogens is 4. The molecule has 0 radical (unpaired) electrons. The highest BCUT2D eigenvalue weighted by Crippen LogP contribution is 2.39. The summed E-state index contributed by atoms with van der Waals surface area (Å²) in [6, 6.07) is 3.30. The zero-order valence-corrected chi connectivity index (χ0v) is 16.0. The Morgan fingerprint density at radius 3 is 3.10 bits per heavy atom. The van der Waals surface area contributed by atoms with E-state index in [0.29, 0.717) is 29.2 Å². The van der Waals surface area contributed by atoms with Crippen molar-refractivity contribution in [3.05, 3.63) is 42.1 Å². The van der Waals surface area contributed by atoms with Crippen LogP contribution in [-0.2, 0) is 4.79 Å². The predicted molar refractivity (Wildman–Crippen MR) is 104 cm³/mol. The van der Waals surface area contributed by atoms with Crippen molar-refractivity contribution in [2.75, 3.05) is 16.8 Å². The van der Waals surface area contributed by atoms with Gasteiger partial charge in [-0.1, -0.05) is 0 Å². The molecule has 5 heterocycles. The van der Waals surface area contributed by atoms with Gasteiger partial charge in [0.25, 0.3) is 0 Å². The number of nitrogens with zero attached hydrogens (tertiary/aromatic N) is 5. The van der Waals surface area contributed by atoms with Gasteiger partial charge in [0.15, 0.2) is 5.65 Å². The first kappa shape index (κ1) is 17.8. The Morgan fingerprint density at radius 1 is 1.31 bits per heavy atom. The van der Waals surface area contributed by atoms with Crippen LogP contribution in [0.25, 0.3) is 5.65 Å². The average molecular weight is 396 g/mol. The van der Waals surface area contributed by atoms with Gasteiger partial charge >= 0.3 is 0 Å². The summed E-state index contributed by atoms with van der Waals surface area (Å²) in [5, 5.41) is 7.16. The van der Waals surface area contributed by atoms with Crippen molar-refractivity contribution in [2.24, 2.45) is 0 Å². The molecule has 2 aliphatic rings. The minimum absolute atomic E-state index is 0.0840. The van der Waals surface area contributed by atoms with Crippen LogP contribution in [0, 0.1) is 5.82 Å². The van der Waals surface area contributed by atoms with Gasteiger partial charge < -0.3 is 15.0 Å². The van der Waals surface area contributed by atoms with E-state index < -0.39 is 5.82 Å². The zero-order valence-electron chi connectivity index (χ0n) is 16.0. The summed E-state index contributed by atoms with van der Waals surface area (Å²) in [6.07, 6.45) is 6.95. The van der Waals surface area contributed by atoms with Crippen molar-refractivity contribution >= 4 is 23.1 Å². The maximum absolute atomic E-state index is 14.1. The van der Waals surface area contributed by atoms with E-state index in [0.717, 1.165) is 25.2 Å². The summed E-state index contributed by atoms with van der Waals surface area (Å²) >= 11 is 0. The highest BCUT2D eigenvalue weighted by Gasteiger charge is 2.31. The molecule has 1 amide bonds. The maximum Gasteiger partial charge on any atom is 0.224 e. The molecule has 9 heteroatoms. The Bertz CT molecular complexity index is 1080. The number of nitrogens with one attached hydrogen (secondary N) is 1. The van der Waals surface area contributed by atoms with Gasteiger partial charge in [0, 0.05) is 24.7 Å². The topological polar surface area (TPSA) is 84.7 Å². The highest BCUT2D eigenvalue weighted by atomic mass is 19.1.